The van der Waals surface area contributed by atoms with E-state index in [1.165, 1.54) is 5.32 Å². The second-order valence-electron chi connectivity index (χ2n) is 2.20. The molecule has 0 fully saturated rings. The van der Waals surface area contributed by atoms with Crippen molar-refractivity contribution in [3.05, 3.63) is 12.7 Å². The van der Waals surface area contributed by atoms with E-state index in [0.717, 1.165) is 18.3 Å². The van der Waals surface area contributed by atoms with Gasteiger partial charge in [0.05, 0.1) is 0 Å². The van der Waals surface area contributed by atoms with Gasteiger partial charge in [-0.1, -0.05) is 0 Å². The third-order valence-corrected chi connectivity index (χ3v) is 3.28. The van der Waals surface area contributed by atoms with Crippen molar-refractivity contribution < 1.29 is 4.79 Å². The molecule has 64 valence electrons. The Bertz CT molecular complexity index is 125. The van der Waals surface area contributed by atoms with Crippen molar-refractivity contribution in [1.29, 1.82) is 0 Å². The van der Waals surface area contributed by atoms with Crippen LogP contribution >= 0.6 is 0 Å². The van der Waals surface area contributed by atoms with E-state index in [1.807, 2.05) is 6.08 Å². The van der Waals surface area contributed by atoms with Gasteiger partial charge in [-0.2, -0.15) is 0 Å². The molecule has 0 heterocycles. The van der Waals surface area contributed by atoms with E-state index < -0.39 is 0 Å². The normalized spacial score (nSPS) is 9.18. The van der Waals surface area contributed by atoms with Gasteiger partial charge in [-0.25, -0.2) is 0 Å². The summed E-state index contributed by atoms with van der Waals surface area (Å²) >= 11 is 0.695. The maximum atomic E-state index is 10.4. The van der Waals surface area contributed by atoms with Gasteiger partial charge >= 0.3 is 74.2 Å². The quantitative estimate of drug-likeness (QED) is 0.407. The first-order valence-corrected chi connectivity index (χ1v) is 6.12. The number of carbonyl (C=O) groups is 1. The summed E-state index contributed by atoms with van der Waals surface area (Å²) in [6, 6.07) is 0. The second-order valence-corrected chi connectivity index (χ2v) is 4.61. The Labute approximate surface area is 74.6 Å². The summed E-state index contributed by atoms with van der Waals surface area (Å²) in [4.78, 5) is 10.4. The summed E-state index contributed by atoms with van der Waals surface area (Å²) in [6.07, 6.45) is 3.06. The summed E-state index contributed by atoms with van der Waals surface area (Å²) in [6.45, 7) is 6.03. The van der Waals surface area contributed by atoms with Crippen LogP contribution in [0.5, 0.6) is 0 Å². The Hall–Kier alpha value is -0.271. The molecule has 0 bridgehead atoms. The van der Waals surface area contributed by atoms with E-state index in [-0.39, 0.29) is 5.91 Å². The van der Waals surface area contributed by atoms with Gasteiger partial charge in [0.25, 0.3) is 0 Å². The molecule has 0 aliphatic heterocycles. The van der Waals surface area contributed by atoms with Gasteiger partial charge in [0.15, 0.2) is 0 Å². The first-order valence-electron chi connectivity index (χ1n) is 3.70. The van der Waals surface area contributed by atoms with Crippen LogP contribution in [0.2, 0.25) is 10.6 Å². The van der Waals surface area contributed by atoms with Gasteiger partial charge in [-0.15, -0.1) is 0 Å². The van der Waals surface area contributed by atoms with Crippen LogP contribution in [-0.2, 0) is 4.79 Å². The minimum atomic E-state index is 0.0706. The van der Waals surface area contributed by atoms with Crippen LogP contribution in [0.4, 0.5) is 0 Å². The maximum absolute atomic E-state index is 10.4. The van der Waals surface area contributed by atoms with Crippen molar-refractivity contribution >= 4 is 20.9 Å². The predicted octanol–water partition coefficient (Wildman–Crippen LogP) is 1.24. The molecule has 0 unspecified atom stereocenters. The van der Waals surface area contributed by atoms with Gasteiger partial charge in [-0.3, -0.25) is 0 Å². The molecule has 0 atom stereocenters. The average molecular weight is 220 g/mol. The van der Waals surface area contributed by atoms with Crippen LogP contribution in [0, 0.1) is 0 Å². The van der Waals surface area contributed by atoms with E-state index >= 15 is 0 Å². The molecule has 1 N–H and O–H groups in total. The molecule has 0 saturated carbocycles. The Balaban J connectivity index is 2.90. The van der Waals surface area contributed by atoms with E-state index in [9.17, 15) is 4.79 Å². The fourth-order valence-corrected chi connectivity index (χ4v) is 2.04. The van der Waals surface area contributed by atoms with E-state index in [0.29, 0.717) is 15.0 Å². The van der Waals surface area contributed by atoms with Crippen LogP contribution in [0.1, 0.15) is 13.3 Å². The molecular formula is C8H15NOSe. The molecule has 0 spiro atoms. The van der Waals surface area contributed by atoms with E-state index in [1.54, 1.807) is 6.92 Å². The first-order chi connectivity index (χ1) is 5.27. The summed E-state index contributed by atoms with van der Waals surface area (Å²) in [7, 11) is 0. The number of rotatable bonds is 6. The van der Waals surface area contributed by atoms with Crippen molar-refractivity contribution in [2.75, 3.05) is 6.54 Å². The summed E-state index contributed by atoms with van der Waals surface area (Å²) < 4.78 is 0. The van der Waals surface area contributed by atoms with Crippen LogP contribution in [0.25, 0.3) is 0 Å². The molecule has 1 amide bonds. The predicted molar refractivity (Wildman–Crippen MR) is 48.9 cm³/mol. The molecule has 11 heavy (non-hydrogen) atoms. The molecule has 0 saturated heterocycles. The molecule has 0 aliphatic carbocycles. The number of hydrogen-bond acceptors (Lipinski definition) is 1. The molecule has 0 radical (unpaired) electrons. The Morgan fingerprint density at radius 2 is 2.45 bits per heavy atom. The number of allylic oxidation sites excluding steroid dienone is 1. The Morgan fingerprint density at radius 1 is 1.73 bits per heavy atom. The standard InChI is InChI=1S/C8H15NOSe/c1-3-6-11-7-4-5-9-8(2)10/h3H,1,4-7H2,2H3,(H,9,10). The van der Waals surface area contributed by atoms with Crippen molar-refractivity contribution in [1.82, 2.24) is 5.32 Å². The molecule has 2 nitrogen and oxygen atoms in total. The molecule has 0 aromatic heterocycles. The monoisotopic (exact) mass is 221 g/mol. The minimum absolute atomic E-state index is 0.0706. The van der Waals surface area contributed by atoms with Crippen LogP contribution in [0.15, 0.2) is 12.7 Å². The van der Waals surface area contributed by atoms with Crippen LogP contribution in [-0.4, -0.2) is 27.4 Å². The van der Waals surface area contributed by atoms with Gasteiger partial charge in [0, 0.05) is 0 Å². The van der Waals surface area contributed by atoms with Crippen LogP contribution < -0.4 is 5.32 Å². The molecule has 0 rings (SSSR count). The number of amides is 1. The average Bonchev–Trinajstić information content (AvgIpc) is 1.96. The zero-order chi connectivity index (χ0) is 8.53. The van der Waals surface area contributed by atoms with Crippen molar-refractivity contribution in [2.24, 2.45) is 0 Å². The zero-order valence-electron chi connectivity index (χ0n) is 6.93. The number of carbonyl (C=O) groups excluding carboxylic acids is 1. The molecule has 0 aromatic carbocycles. The topological polar surface area (TPSA) is 29.1 Å². The van der Waals surface area contributed by atoms with Crippen molar-refractivity contribution in [3.8, 4) is 0 Å². The molecule has 3 heteroatoms. The Morgan fingerprint density at radius 3 is 3.00 bits per heavy atom. The summed E-state index contributed by atoms with van der Waals surface area (Å²) in [5.41, 5.74) is 0. The van der Waals surface area contributed by atoms with Crippen molar-refractivity contribution in [3.63, 3.8) is 0 Å². The fourth-order valence-electron chi connectivity index (χ4n) is 0.605. The third-order valence-electron chi connectivity index (χ3n) is 1.08. The summed E-state index contributed by atoms with van der Waals surface area (Å²) in [5, 5.41) is 5.15. The summed E-state index contributed by atoms with van der Waals surface area (Å²) in [5.74, 6) is 0.0706. The van der Waals surface area contributed by atoms with Crippen LogP contribution in [0.3, 0.4) is 0 Å². The van der Waals surface area contributed by atoms with Gasteiger partial charge in [0.1, 0.15) is 0 Å². The SMILES string of the molecule is C=CC[Se]CCCNC(C)=O. The van der Waals surface area contributed by atoms with Crippen molar-refractivity contribution in [2.45, 2.75) is 24.0 Å². The second kappa shape index (κ2) is 7.83. The van der Waals surface area contributed by atoms with Gasteiger partial charge in [0.2, 0.25) is 0 Å². The van der Waals surface area contributed by atoms with Gasteiger partial charge < -0.3 is 0 Å². The van der Waals surface area contributed by atoms with E-state index in [2.05, 4.69) is 11.9 Å². The molecule has 0 aromatic rings. The van der Waals surface area contributed by atoms with E-state index in [4.69, 9.17) is 0 Å². The molecule has 0 aliphatic rings. The number of hydrogen-bond donors (Lipinski definition) is 1. The first kappa shape index (κ1) is 10.7. The van der Waals surface area contributed by atoms with Gasteiger partial charge in [-0.05, 0) is 0 Å². The Kier molecular flexibility index (Phi) is 7.64. The fraction of sp³-hybridized carbons (Fsp3) is 0.625. The third kappa shape index (κ3) is 9.73. The number of nitrogens with one attached hydrogen (secondary N) is 1. The molecular weight excluding hydrogens is 205 g/mol. The zero-order valence-corrected chi connectivity index (χ0v) is 8.64.